The van der Waals surface area contributed by atoms with Gasteiger partial charge < -0.3 is 4.90 Å². The van der Waals surface area contributed by atoms with E-state index in [1.165, 1.54) is 0 Å². The summed E-state index contributed by atoms with van der Waals surface area (Å²) in [5, 5.41) is 9.50. The van der Waals surface area contributed by atoms with Gasteiger partial charge in [-0.1, -0.05) is 42.5 Å². The lowest BCUT2D eigenvalue weighted by Crippen LogP contribution is -2.48. The first-order chi connectivity index (χ1) is 17.1. The van der Waals surface area contributed by atoms with E-state index in [4.69, 9.17) is 10.2 Å². The molecule has 174 valence electrons. The molecule has 5 aromatic rings. The molecule has 0 aliphatic carbocycles. The van der Waals surface area contributed by atoms with E-state index in [9.17, 15) is 4.79 Å². The summed E-state index contributed by atoms with van der Waals surface area (Å²) in [4.78, 5) is 20.4. The Morgan fingerprint density at radius 1 is 0.914 bits per heavy atom. The van der Waals surface area contributed by atoms with Gasteiger partial charge in [-0.25, -0.2) is 4.52 Å². The van der Waals surface area contributed by atoms with Crippen molar-refractivity contribution in [3.05, 3.63) is 97.1 Å². The Bertz CT molecular complexity index is 1490. The number of aromatic nitrogens is 5. The first-order valence-corrected chi connectivity index (χ1v) is 11.9. The van der Waals surface area contributed by atoms with Gasteiger partial charge in [0.1, 0.15) is 5.69 Å². The molecular weight excluding hydrogens is 436 g/mol. The lowest BCUT2D eigenvalue weighted by Gasteiger charge is -2.35. The highest BCUT2D eigenvalue weighted by Gasteiger charge is 2.42. The lowest BCUT2D eigenvalue weighted by atomic mass is 9.97. The first kappa shape index (κ1) is 21.3. The van der Waals surface area contributed by atoms with Crippen LogP contribution in [-0.2, 0) is 6.54 Å². The summed E-state index contributed by atoms with van der Waals surface area (Å²) in [6.45, 7) is 3.46. The molecule has 1 fully saturated rings. The smallest absolute Gasteiger partial charge is 0.275 e. The third kappa shape index (κ3) is 3.79. The van der Waals surface area contributed by atoms with Gasteiger partial charge in [-0.05, 0) is 55.7 Å². The number of benzene rings is 1. The molecule has 1 aliphatic rings. The van der Waals surface area contributed by atoms with Gasteiger partial charge in [0.15, 0.2) is 5.69 Å². The van der Waals surface area contributed by atoms with E-state index >= 15 is 0 Å². The zero-order valence-corrected chi connectivity index (χ0v) is 19.6. The molecule has 1 amide bonds. The fourth-order valence-electron chi connectivity index (χ4n) is 5.15. The number of hydrogen-bond acceptors (Lipinski definition) is 4. The number of fused-ring (bicyclic) bond motifs is 1. The molecule has 5 heterocycles. The van der Waals surface area contributed by atoms with Crippen LogP contribution in [0, 0.1) is 0 Å². The summed E-state index contributed by atoms with van der Waals surface area (Å²) in [6, 6.07) is 23.7. The van der Waals surface area contributed by atoms with Crippen molar-refractivity contribution >= 4 is 11.4 Å². The number of pyridine rings is 2. The van der Waals surface area contributed by atoms with Crippen LogP contribution in [0.3, 0.4) is 0 Å². The minimum atomic E-state index is -0.367. The van der Waals surface area contributed by atoms with Crippen molar-refractivity contribution in [2.45, 2.75) is 31.8 Å². The second-order valence-electron chi connectivity index (χ2n) is 9.29. The maximum absolute atomic E-state index is 14.1. The van der Waals surface area contributed by atoms with Crippen LogP contribution in [0.5, 0.6) is 0 Å². The maximum Gasteiger partial charge on any atom is 0.275 e. The number of carbonyl (C=O) groups is 1. The molecule has 35 heavy (non-hydrogen) atoms. The molecule has 0 saturated carbocycles. The monoisotopic (exact) mass is 462 g/mol. The fourth-order valence-corrected chi connectivity index (χ4v) is 5.15. The van der Waals surface area contributed by atoms with Crippen LogP contribution in [0.25, 0.3) is 28.0 Å². The van der Waals surface area contributed by atoms with Gasteiger partial charge in [0.05, 0.1) is 23.3 Å². The van der Waals surface area contributed by atoms with Crippen LogP contribution < -0.4 is 0 Å². The van der Waals surface area contributed by atoms with Gasteiger partial charge in [-0.15, -0.1) is 0 Å². The van der Waals surface area contributed by atoms with Crippen molar-refractivity contribution in [2.24, 2.45) is 0 Å². The van der Waals surface area contributed by atoms with E-state index in [2.05, 4.69) is 11.9 Å². The average Bonchev–Trinajstić information content (AvgIpc) is 3.62. The van der Waals surface area contributed by atoms with Crippen molar-refractivity contribution in [1.29, 1.82) is 0 Å². The third-order valence-electron chi connectivity index (χ3n) is 6.87. The molecule has 1 saturated heterocycles. The van der Waals surface area contributed by atoms with E-state index in [1.54, 1.807) is 10.7 Å². The van der Waals surface area contributed by atoms with E-state index in [0.29, 0.717) is 18.8 Å². The van der Waals surface area contributed by atoms with Crippen molar-refractivity contribution in [3.63, 3.8) is 0 Å². The highest BCUT2D eigenvalue weighted by Crippen LogP contribution is 2.35. The number of likely N-dealkylation sites (tertiary alicyclic amines) is 1. The Hall–Kier alpha value is -4.26. The molecule has 0 N–H and O–H groups in total. The molecule has 0 radical (unpaired) electrons. The highest BCUT2D eigenvalue weighted by molar-refractivity contribution is 6.03. The van der Waals surface area contributed by atoms with E-state index in [-0.39, 0.29) is 11.4 Å². The number of carbonyl (C=O) groups excluding carboxylic acids is 1. The molecule has 0 bridgehead atoms. The molecule has 1 atom stereocenters. The van der Waals surface area contributed by atoms with Crippen LogP contribution in [0.15, 0.2) is 91.4 Å². The fraction of sp³-hybridized carbons (Fsp3) is 0.214. The second kappa shape index (κ2) is 8.51. The molecular formula is C28H26N6O. The Morgan fingerprint density at radius 2 is 1.74 bits per heavy atom. The Balaban J connectivity index is 1.34. The molecule has 7 heteroatoms. The highest BCUT2D eigenvalue weighted by atomic mass is 16.2. The summed E-state index contributed by atoms with van der Waals surface area (Å²) in [7, 11) is 0. The van der Waals surface area contributed by atoms with E-state index < -0.39 is 0 Å². The van der Waals surface area contributed by atoms with Gasteiger partial charge in [0, 0.05) is 30.7 Å². The van der Waals surface area contributed by atoms with Crippen LogP contribution in [0.1, 0.15) is 30.3 Å². The normalized spacial score (nSPS) is 17.8. The number of hydrogen-bond donors (Lipinski definition) is 0. The molecule has 1 aromatic carbocycles. The van der Waals surface area contributed by atoms with Crippen LogP contribution >= 0.6 is 0 Å². The summed E-state index contributed by atoms with van der Waals surface area (Å²) < 4.78 is 3.73. The maximum atomic E-state index is 14.1. The molecule has 7 nitrogen and oxygen atoms in total. The summed E-state index contributed by atoms with van der Waals surface area (Å²) >= 11 is 0. The Kier molecular flexibility index (Phi) is 5.17. The zero-order valence-electron chi connectivity index (χ0n) is 19.6. The second-order valence-corrected chi connectivity index (χ2v) is 9.29. The average molecular weight is 463 g/mol. The lowest BCUT2D eigenvalue weighted by molar-refractivity contribution is 0.0580. The van der Waals surface area contributed by atoms with E-state index in [0.717, 1.165) is 40.9 Å². The largest absolute Gasteiger partial charge is 0.330 e. The van der Waals surface area contributed by atoms with Gasteiger partial charge in [0.2, 0.25) is 0 Å². The number of amides is 1. The van der Waals surface area contributed by atoms with Crippen molar-refractivity contribution in [2.75, 3.05) is 6.54 Å². The Labute approximate surface area is 203 Å². The molecule has 1 aliphatic heterocycles. The summed E-state index contributed by atoms with van der Waals surface area (Å²) in [5.74, 6) is -0.0374. The molecule has 6 rings (SSSR count). The van der Waals surface area contributed by atoms with Gasteiger partial charge in [-0.3, -0.25) is 14.5 Å². The van der Waals surface area contributed by atoms with Gasteiger partial charge >= 0.3 is 0 Å². The topological polar surface area (TPSA) is 68.3 Å². The SMILES string of the molecule is C[C@@]1(Cn2ccc(-c3ccccn3)n2)CCCN1C(=O)c1nn2ccccc2c1-c1ccccc1. The Morgan fingerprint density at radius 3 is 2.57 bits per heavy atom. The van der Waals surface area contributed by atoms with Crippen LogP contribution in [0.4, 0.5) is 0 Å². The van der Waals surface area contributed by atoms with Crippen molar-refractivity contribution in [1.82, 2.24) is 29.3 Å². The van der Waals surface area contributed by atoms with Crippen LogP contribution in [0.2, 0.25) is 0 Å². The third-order valence-corrected chi connectivity index (χ3v) is 6.87. The van der Waals surface area contributed by atoms with Crippen molar-refractivity contribution in [3.8, 4) is 22.5 Å². The molecule has 0 spiro atoms. The predicted octanol–water partition coefficient (Wildman–Crippen LogP) is 4.95. The number of rotatable bonds is 5. The summed E-state index contributed by atoms with van der Waals surface area (Å²) in [5.41, 5.74) is 4.59. The molecule has 0 unspecified atom stereocenters. The quantitative estimate of drug-likeness (QED) is 0.370. The van der Waals surface area contributed by atoms with E-state index in [1.807, 2.05) is 94.8 Å². The molecule has 4 aromatic heterocycles. The van der Waals surface area contributed by atoms with Crippen molar-refractivity contribution < 1.29 is 4.79 Å². The number of nitrogens with zero attached hydrogens (tertiary/aromatic N) is 6. The van der Waals surface area contributed by atoms with Gasteiger partial charge in [-0.2, -0.15) is 10.2 Å². The standard InChI is InChI=1S/C28H26N6O/c1-28(20-32-19-14-23(30-32)22-12-5-7-16-29-22)15-9-17-33(28)27(35)26-25(21-10-3-2-4-11-21)24-13-6-8-18-34(24)31-26/h2-8,10-14,16,18-19H,9,15,17,20H2,1H3/t28-/m0/s1. The minimum Gasteiger partial charge on any atom is -0.330 e. The minimum absolute atomic E-state index is 0.0374. The van der Waals surface area contributed by atoms with Crippen LogP contribution in [-0.4, -0.2) is 47.3 Å². The summed E-state index contributed by atoms with van der Waals surface area (Å²) in [6.07, 6.45) is 7.49. The van der Waals surface area contributed by atoms with Gasteiger partial charge in [0.25, 0.3) is 5.91 Å². The first-order valence-electron chi connectivity index (χ1n) is 11.9. The zero-order chi connectivity index (χ0) is 23.8. The predicted molar refractivity (Wildman–Crippen MR) is 135 cm³/mol.